The van der Waals surface area contributed by atoms with E-state index in [1.54, 1.807) is 7.11 Å². The molecule has 0 aromatic heterocycles. The molecule has 2 N–H and O–H groups in total. The van der Waals surface area contributed by atoms with Crippen LogP contribution in [0, 0.1) is 17.8 Å². The van der Waals surface area contributed by atoms with Gasteiger partial charge in [0.05, 0.1) is 18.1 Å². The maximum atomic E-state index is 12.6. The van der Waals surface area contributed by atoms with Crippen LogP contribution in [0.1, 0.15) is 57.1 Å². The van der Waals surface area contributed by atoms with Gasteiger partial charge in [-0.25, -0.2) is 0 Å². The standard InChI is InChI=1S/C21H29BrN2O2/c1-13(17-3-4-19(26-2)18(22)8-17)23-12-20(25)24-21-9-14-5-15(10-21)7-16(6-14)11-21/h3-4,8,13-16,23H,5-7,9-12H2,1-2H3,(H,24,25)/t13-,14?,15?,16?,21?/m0/s1. The summed E-state index contributed by atoms with van der Waals surface area (Å²) in [5, 5.41) is 6.80. The molecule has 0 saturated heterocycles. The summed E-state index contributed by atoms with van der Waals surface area (Å²) in [4.78, 5) is 12.6. The number of rotatable bonds is 6. The Morgan fingerprint density at radius 2 is 1.85 bits per heavy atom. The lowest BCUT2D eigenvalue weighted by molar-refractivity contribution is -0.126. The Morgan fingerprint density at radius 1 is 1.23 bits per heavy atom. The number of methoxy groups -OCH3 is 1. The fourth-order valence-corrected chi connectivity index (χ4v) is 6.48. The van der Waals surface area contributed by atoms with E-state index in [9.17, 15) is 4.79 Å². The van der Waals surface area contributed by atoms with Crippen LogP contribution in [-0.2, 0) is 4.79 Å². The van der Waals surface area contributed by atoms with Crippen molar-refractivity contribution in [2.45, 2.75) is 57.0 Å². The molecule has 5 heteroatoms. The zero-order valence-corrected chi connectivity index (χ0v) is 17.3. The van der Waals surface area contributed by atoms with E-state index in [2.05, 4.69) is 33.5 Å². The van der Waals surface area contributed by atoms with Crippen molar-refractivity contribution in [1.29, 1.82) is 0 Å². The highest BCUT2D eigenvalue weighted by Crippen LogP contribution is 2.55. The number of amides is 1. The van der Waals surface area contributed by atoms with Gasteiger partial charge in [-0.3, -0.25) is 4.79 Å². The number of ether oxygens (including phenoxy) is 1. The first kappa shape index (κ1) is 18.3. The molecule has 0 heterocycles. The summed E-state index contributed by atoms with van der Waals surface area (Å²) in [5.74, 6) is 3.52. The van der Waals surface area contributed by atoms with Gasteiger partial charge >= 0.3 is 0 Å². The largest absolute Gasteiger partial charge is 0.496 e. The molecule has 1 amide bonds. The molecule has 142 valence electrons. The van der Waals surface area contributed by atoms with E-state index >= 15 is 0 Å². The van der Waals surface area contributed by atoms with Gasteiger partial charge in [-0.15, -0.1) is 0 Å². The molecule has 0 radical (unpaired) electrons. The molecule has 1 aromatic rings. The van der Waals surface area contributed by atoms with Gasteiger partial charge in [0.2, 0.25) is 5.91 Å². The number of hydrogen-bond acceptors (Lipinski definition) is 3. The average Bonchev–Trinajstić information content (AvgIpc) is 2.58. The van der Waals surface area contributed by atoms with Crippen molar-refractivity contribution in [3.63, 3.8) is 0 Å². The van der Waals surface area contributed by atoms with Crippen molar-refractivity contribution in [2.75, 3.05) is 13.7 Å². The maximum Gasteiger partial charge on any atom is 0.234 e. The van der Waals surface area contributed by atoms with Crippen LogP contribution in [0.25, 0.3) is 0 Å². The second-order valence-electron chi connectivity index (χ2n) is 8.74. The molecular weight excluding hydrogens is 392 g/mol. The number of carbonyl (C=O) groups is 1. The SMILES string of the molecule is COc1ccc([C@H](C)NCC(=O)NC23CC4CC(CC(C4)C2)C3)cc1Br. The van der Waals surface area contributed by atoms with E-state index < -0.39 is 0 Å². The van der Waals surface area contributed by atoms with Gasteiger partial charge in [0, 0.05) is 11.6 Å². The predicted octanol–water partition coefficient (Wildman–Crippen LogP) is 4.19. The van der Waals surface area contributed by atoms with Crippen molar-refractivity contribution >= 4 is 21.8 Å². The van der Waals surface area contributed by atoms with Crippen molar-refractivity contribution < 1.29 is 9.53 Å². The fraction of sp³-hybridized carbons (Fsp3) is 0.667. The maximum absolute atomic E-state index is 12.6. The van der Waals surface area contributed by atoms with Crippen molar-refractivity contribution in [2.24, 2.45) is 17.8 Å². The van der Waals surface area contributed by atoms with Crippen molar-refractivity contribution in [1.82, 2.24) is 10.6 Å². The molecule has 4 aliphatic carbocycles. The van der Waals surface area contributed by atoms with Crippen LogP contribution in [0.4, 0.5) is 0 Å². The van der Waals surface area contributed by atoms with E-state index in [1.807, 2.05) is 18.2 Å². The topological polar surface area (TPSA) is 50.4 Å². The normalized spacial score (nSPS) is 33.1. The second kappa shape index (κ2) is 7.16. The van der Waals surface area contributed by atoms with Crippen LogP contribution in [0.15, 0.2) is 22.7 Å². The highest BCUT2D eigenvalue weighted by Gasteiger charge is 2.51. The summed E-state index contributed by atoms with van der Waals surface area (Å²) < 4.78 is 6.22. The Balaban J connectivity index is 1.32. The smallest absolute Gasteiger partial charge is 0.234 e. The van der Waals surface area contributed by atoms with Crippen LogP contribution in [0.5, 0.6) is 5.75 Å². The second-order valence-corrected chi connectivity index (χ2v) is 9.60. The Hall–Kier alpha value is -1.07. The molecule has 4 nitrogen and oxygen atoms in total. The third kappa shape index (κ3) is 3.65. The summed E-state index contributed by atoms with van der Waals surface area (Å²) in [7, 11) is 1.66. The van der Waals surface area contributed by atoms with Gasteiger partial charge in [0.15, 0.2) is 0 Å². The Bertz CT molecular complexity index is 655. The molecule has 4 aliphatic rings. The molecule has 0 aliphatic heterocycles. The molecule has 4 fully saturated rings. The average molecular weight is 421 g/mol. The Labute approximate surface area is 164 Å². The molecule has 26 heavy (non-hydrogen) atoms. The third-order valence-electron chi connectivity index (χ3n) is 6.69. The molecule has 0 unspecified atom stereocenters. The fourth-order valence-electron chi connectivity index (χ4n) is 5.92. The molecule has 1 aromatic carbocycles. The molecular formula is C21H29BrN2O2. The summed E-state index contributed by atoms with van der Waals surface area (Å²) in [6.45, 7) is 2.46. The summed E-state index contributed by atoms with van der Waals surface area (Å²) in [5.41, 5.74) is 1.24. The molecule has 4 saturated carbocycles. The lowest BCUT2D eigenvalue weighted by Gasteiger charge is -2.56. The van der Waals surface area contributed by atoms with Gasteiger partial charge in [-0.2, -0.15) is 0 Å². The lowest BCUT2D eigenvalue weighted by Crippen LogP contribution is -2.60. The molecule has 1 atom stereocenters. The van der Waals surface area contributed by atoms with Crippen LogP contribution in [-0.4, -0.2) is 25.1 Å². The summed E-state index contributed by atoms with van der Waals surface area (Å²) in [6.07, 6.45) is 7.80. The first-order chi connectivity index (χ1) is 12.5. The minimum absolute atomic E-state index is 0.0971. The molecule has 5 rings (SSSR count). The van der Waals surface area contributed by atoms with Crippen molar-refractivity contribution in [3.8, 4) is 5.75 Å². The van der Waals surface area contributed by atoms with Gasteiger partial charge < -0.3 is 15.4 Å². The van der Waals surface area contributed by atoms with Crippen LogP contribution < -0.4 is 15.4 Å². The van der Waals surface area contributed by atoms with Gasteiger partial charge in [-0.1, -0.05) is 6.07 Å². The highest BCUT2D eigenvalue weighted by atomic mass is 79.9. The quantitative estimate of drug-likeness (QED) is 0.724. The van der Waals surface area contributed by atoms with Crippen LogP contribution in [0.3, 0.4) is 0 Å². The number of hydrogen-bond donors (Lipinski definition) is 2. The lowest BCUT2D eigenvalue weighted by atomic mass is 9.53. The van der Waals surface area contributed by atoms with E-state index in [1.165, 1.54) is 38.5 Å². The van der Waals surface area contributed by atoms with E-state index in [0.717, 1.165) is 33.5 Å². The Morgan fingerprint density at radius 3 is 2.38 bits per heavy atom. The number of nitrogens with one attached hydrogen (secondary N) is 2. The highest BCUT2D eigenvalue weighted by molar-refractivity contribution is 9.10. The van der Waals surface area contributed by atoms with Gasteiger partial charge in [-0.05, 0) is 96.8 Å². The minimum atomic E-state index is 0.0971. The minimum Gasteiger partial charge on any atom is -0.496 e. The summed E-state index contributed by atoms with van der Waals surface area (Å²) >= 11 is 3.53. The van der Waals surface area contributed by atoms with E-state index in [0.29, 0.717) is 6.54 Å². The monoisotopic (exact) mass is 420 g/mol. The molecule has 0 spiro atoms. The first-order valence-corrected chi connectivity index (χ1v) is 10.6. The predicted molar refractivity (Wildman–Crippen MR) is 106 cm³/mol. The van der Waals surface area contributed by atoms with Crippen LogP contribution in [0.2, 0.25) is 0 Å². The van der Waals surface area contributed by atoms with Gasteiger partial charge in [0.25, 0.3) is 0 Å². The van der Waals surface area contributed by atoms with E-state index in [4.69, 9.17) is 4.74 Å². The zero-order chi connectivity index (χ0) is 18.3. The number of carbonyl (C=O) groups excluding carboxylic acids is 1. The van der Waals surface area contributed by atoms with Crippen molar-refractivity contribution in [3.05, 3.63) is 28.2 Å². The molecule has 4 bridgehead atoms. The first-order valence-electron chi connectivity index (χ1n) is 9.84. The number of halogens is 1. The summed E-state index contributed by atoms with van der Waals surface area (Å²) in [6, 6.07) is 6.15. The van der Waals surface area contributed by atoms with E-state index in [-0.39, 0.29) is 17.5 Å². The van der Waals surface area contributed by atoms with Gasteiger partial charge in [0.1, 0.15) is 5.75 Å². The Kier molecular flexibility index (Phi) is 5.04. The number of benzene rings is 1. The zero-order valence-electron chi connectivity index (χ0n) is 15.7. The third-order valence-corrected chi connectivity index (χ3v) is 7.31. The van der Waals surface area contributed by atoms with Crippen LogP contribution >= 0.6 is 15.9 Å².